The molecule has 1 heterocycles. The van der Waals surface area contributed by atoms with E-state index in [4.69, 9.17) is 9.47 Å². The summed E-state index contributed by atoms with van der Waals surface area (Å²) < 4.78 is 10.1. The van der Waals surface area contributed by atoms with Gasteiger partial charge in [-0.1, -0.05) is 58.0 Å². The Hall–Kier alpha value is -4.55. The van der Waals surface area contributed by atoms with Crippen LogP contribution in [0.4, 0.5) is 4.79 Å². The number of ether oxygens (including phenoxy) is 2. The summed E-state index contributed by atoms with van der Waals surface area (Å²) in [5, 5.41) is 7.93. The number of hydrogen-bond acceptors (Lipinski definition) is 9. The number of benzene rings is 1. The van der Waals surface area contributed by atoms with E-state index in [9.17, 15) is 33.6 Å². The molecule has 47 heavy (non-hydrogen) atoms. The van der Waals surface area contributed by atoms with Crippen molar-refractivity contribution in [2.75, 3.05) is 13.7 Å². The molecule has 0 radical (unpaired) electrons. The molecule has 3 N–H and O–H groups in total. The lowest BCUT2D eigenvalue weighted by molar-refractivity contribution is -0.147. The third kappa shape index (κ3) is 13.0. The number of nitrogens with one attached hydrogen (secondary N) is 3. The van der Waals surface area contributed by atoms with Crippen LogP contribution in [0.15, 0.2) is 42.5 Å². The molecule has 13 nitrogen and oxygen atoms in total. The van der Waals surface area contributed by atoms with Gasteiger partial charge >= 0.3 is 12.1 Å². The van der Waals surface area contributed by atoms with Gasteiger partial charge in [-0.3, -0.25) is 24.0 Å². The van der Waals surface area contributed by atoms with Crippen molar-refractivity contribution in [1.82, 2.24) is 20.9 Å². The number of ketones is 2. The Balaban J connectivity index is 2.19. The number of hydrogen-bond donors (Lipinski definition) is 3. The second kappa shape index (κ2) is 19.2. The minimum absolute atomic E-state index is 0.0547. The first-order valence-electron chi connectivity index (χ1n) is 15.9. The number of alkyl carbamates (subject to hydrolysis) is 1. The van der Waals surface area contributed by atoms with Crippen molar-refractivity contribution in [3.8, 4) is 0 Å². The summed E-state index contributed by atoms with van der Waals surface area (Å²) in [7, 11) is 1.24. The van der Waals surface area contributed by atoms with Crippen LogP contribution in [0.1, 0.15) is 72.3 Å². The van der Waals surface area contributed by atoms with E-state index in [1.165, 1.54) is 18.9 Å². The minimum atomic E-state index is -1.25. The molecule has 0 spiro atoms. The molecule has 0 aromatic heterocycles. The molecule has 2 rings (SSSR count). The van der Waals surface area contributed by atoms with Gasteiger partial charge < -0.3 is 30.3 Å². The van der Waals surface area contributed by atoms with E-state index in [2.05, 4.69) is 16.0 Å². The Labute approximate surface area is 276 Å². The van der Waals surface area contributed by atoms with Crippen molar-refractivity contribution in [1.29, 1.82) is 0 Å². The number of nitrogens with zero attached hydrogens (tertiary/aromatic N) is 1. The van der Waals surface area contributed by atoms with Gasteiger partial charge in [0.15, 0.2) is 11.6 Å². The van der Waals surface area contributed by atoms with Gasteiger partial charge in [-0.05, 0) is 62.2 Å². The van der Waals surface area contributed by atoms with Gasteiger partial charge in [0.25, 0.3) is 0 Å². The van der Waals surface area contributed by atoms with E-state index in [0.717, 1.165) is 17.7 Å². The lowest BCUT2D eigenvalue weighted by Gasteiger charge is -2.32. The molecule has 1 aliphatic heterocycles. The number of amides is 4. The molecule has 0 aliphatic carbocycles. The van der Waals surface area contributed by atoms with E-state index < -0.39 is 65.7 Å². The van der Waals surface area contributed by atoms with Crippen LogP contribution in [-0.2, 0) is 44.8 Å². The Morgan fingerprint density at radius 2 is 1.62 bits per heavy atom. The summed E-state index contributed by atoms with van der Waals surface area (Å²) in [5.74, 6) is -3.34. The molecule has 1 saturated heterocycles. The van der Waals surface area contributed by atoms with E-state index >= 15 is 0 Å². The van der Waals surface area contributed by atoms with E-state index in [0.29, 0.717) is 19.3 Å². The standard InChI is InChI=1S/C34H48N4O9/c1-21(2)19-27(33(44)46-6)35-31(42)28-13-10-18-38(28)32(43)29(22(3)4)37-30(41)26(17-16-25(40)15-14-23(5)39)36-34(45)47-20-24-11-8-7-9-12-24/h7-9,11-12,14-15,21-22,26-29H,10,13,16-20H2,1-6H3,(H,35,42)(H,36,45)(H,37,41)/b15-14-. The van der Waals surface area contributed by atoms with E-state index in [1.54, 1.807) is 38.1 Å². The fourth-order valence-electron chi connectivity index (χ4n) is 5.10. The van der Waals surface area contributed by atoms with Crippen LogP contribution in [0.25, 0.3) is 0 Å². The van der Waals surface area contributed by atoms with Gasteiger partial charge in [-0.2, -0.15) is 0 Å². The van der Waals surface area contributed by atoms with E-state index in [1.807, 2.05) is 19.9 Å². The normalized spacial score (nSPS) is 16.3. The Morgan fingerprint density at radius 1 is 0.936 bits per heavy atom. The van der Waals surface area contributed by atoms with Gasteiger partial charge in [0.2, 0.25) is 17.7 Å². The molecule has 4 atom stereocenters. The van der Waals surface area contributed by atoms with Crippen molar-refractivity contribution in [3.63, 3.8) is 0 Å². The Kier molecular flexibility index (Phi) is 15.8. The number of methoxy groups -OCH3 is 1. The van der Waals surface area contributed by atoms with Crippen molar-refractivity contribution in [2.24, 2.45) is 11.8 Å². The molecule has 1 aromatic carbocycles. The first kappa shape index (κ1) is 38.6. The number of rotatable bonds is 17. The maximum absolute atomic E-state index is 13.8. The molecule has 1 aliphatic rings. The molecule has 0 bridgehead atoms. The zero-order valence-electron chi connectivity index (χ0n) is 28.1. The summed E-state index contributed by atoms with van der Waals surface area (Å²) in [5.41, 5.74) is 0.727. The quantitative estimate of drug-likeness (QED) is 0.168. The average molecular weight is 657 g/mol. The highest BCUT2D eigenvalue weighted by Crippen LogP contribution is 2.21. The fraction of sp³-hybridized carbons (Fsp3) is 0.559. The van der Waals surface area contributed by atoms with Gasteiger partial charge in [-0.25, -0.2) is 9.59 Å². The predicted molar refractivity (Wildman–Crippen MR) is 173 cm³/mol. The fourth-order valence-corrected chi connectivity index (χ4v) is 5.10. The first-order chi connectivity index (χ1) is 22.2. The van der Waals surface area contributed by atoms with Gasteiger partial charge in [0, 0.05) is 13.0 Å². The third-order valence-electron chi connectivity index (χ3n) is 7.58. The monoisotopic (exact) mass is 656 g/mol. The smallest absolute Gasteiger partial charge is 0.408 e. The molecule has 258 valence electrons. The summed E-state index contributed by atoms with van der Waals surface area (Å²) in [6.07, 6.45) is 2.30. The lowest BCUT2D eigenvalue weighted by Crippen LogP contribution is -2.59. The molecule has 0 saturated carbocycles. The van der Waals surface area contributed by atoms with Gasteiger partial charge in [0.1, 0.15) is 30.8 Å². The highest BCUT2D eigenvalue weighted by Gasteiger charge is 2.40. The third-order valence-corrected chi connectivity index (χ3v) is 7.58. The van der Waals surface area contributed by atoms with Crippen molar-refractivity contribution in [3.05, 3.63) is 48.0 Å². The molecule has 4 unspecified atom stereocenters. The van der Waals surface area contributed by atoms with Crippen LogP contribution in [0.3, 0.4) is 0 Å². The predicted octanol–water partition coefficient (Wildman–Crippen LogP) is 2.61. The van der Waals surface area contributed by atoms with Crippen LogP contribution in [0, 0.1) is 11.8 Å². The number of esters is 1. The van der Waals surface area contributed by atoms with Crippen LogP contribution < -0.4 is 16.0 Å². The Morgan fingerprint density at radius 3 is 2.21 bits per heavy atom. The molecular weight excluding hydrogens is 608 g/mol. The SMILES string of the molecule is COC(=O)C(CC(C)C)NC(=O)C1CCCN1C(=O)C(NC(=O)C(CCC(=O)/C=C\C(C)=O)NC(=O)OCc1ccccc1)C(C)C. The Bertz CT molecular complexity index is 1300. The van der Waals surface area contributed by atoms with Crippen LogP contribution in [0.5, 0.6) is 0 Å². The van der Waals surface area contributed by atoms with Crippen LogP contribution in [-0.4, -0.2) is 84.1 Å². The summed E-state index contributed by atoms with van der Waals surface area (Å²) in [6, 6.07) is 4.87. The number of carbonyl (C=O) groups is 7. The first-order valence-corrected chi connectivity index (χ1v) is 15.9. The second-order valence-corrected chi connectivity index (χ2v) is 12.3. The number of carbonyl (C=O) groups excluding carboxylic acids is 7. The highest BCUT2D eigenvalue weighted by molar-refractivity contribution is 5.98. The average Bonchev–Trinajstić information content (AvgIpc) is 3.53. The number of allylic oxidation sites excluding steroid dienone is 2. The maximum Gasteiger partial charge on any atom is 0.408 e. The molecule has 1 fully saturated rings. The molecule has 1 aromatic rings. The minimum Gasteiger partial charge on any atom is -0.467 e. The highest BCUT2D eigenvalue weighted by atomic mass is 16.5. The van der Waals surface area contributed by atoms with Gasteiger partial charge in [0.05, 0.1) is 7.11 Å². The van der Waals surface area contributed by atoms with Crippen LogP contribution in [0.2, 0.25) is 0 Å². The van der Waals surface area contributed by atoms with Crippen molar-refractivity contribution < 1.29 is 43.0 Å². The summed E-state index contributed by atoms with van der Waals surface area (Å²) in [6.45, 7) is 8.80. The topological polar surface area (TPSA) is 177 Å². The summed E-state index contributed by atoms with van der Waals surface area (Å²) in [4.78, 5) is 90.7. The maximum atomic E-state index is 13.8. The van der Waals surface area contributed by atoms with Crippen molar-refractivity contribution in [2.45, 2.75) is 97.5 Å². The molecule has 4 amide bonds. The second-order valence-electron chi connectivity index (χ2n) is 12.3. The van der Waals surface area contributed by atoms with Gasteiger partial charge in [-0.15, -0.1) is 0 Å². The lowest BCUT2D eigenvalue weighted by atomic mass is 10.00. The summed E-state index contributed by atoms with van der Waals surface area (Å²) >= 11 is 0. The van der Waals surface area contributed by atoms with Crippen LogP contribution >= 0.6 is 0 Å². The van der Waals surface area contributed by atoms with E-state index in [-0.39, 0.29) is 37.7 Å². The zero-order valence-corrected chi connectivity index (χ0v) is 28.1. The van der Waals surface area contributed by atoms with Crippen molar-refractivity contribution >= 4 is 41.4 Å². The zero-order chi connectivity index (χ0) is 35.1. The molecular formula is C34H48N4O9. The molecule has 13 heteroatoms. The largest absolute Gasteiger partial charge is 0.467 e. The number of likely N-dealkylation sites (tertiary alicyclic amines) is 1.